The molecule has 2 rings (SSSR count). The van der Waals surface area contributed by atoms with Crippen LogP contribution in [0.5, 0.6) is 0 Å². The summed E-state index contributed by atoms with van der Waals surface area (Å²) in [4.78, 5) is 8.43. The van der Waals surface area contributed by atoms with Gasteiger partial charge in [0.1, 0.15) is 16.8 Å². The molecule has 0 radical (unpaired) electrons. The fourth-order valence-corrected chi connectivity index (χ4v) is 1.90. The van der Waals surface area contributed by atoms with Gasteiger partial charge in [0.05, 0.1) is 10.7 Å². The minimum Gasteiger partial charge on any atom is -0.337 e. The molecule has 6 heteroatoms. The van der Waals surface area contributed by atoms with Crippen molar-refractivity contribution in [2.45, 2.75) is 20.3 Å². The number of aryl methyl sites for hydroxylation is 1. The van der Waals surface area contributed by atoms with E-state index >= 15 is 0 Å². The first kappa shape index (κ1) is 14.0. The first-order valence-corrected chi connectivity index (χ1v) is 6.52. The maximum absolute atomic E-state index is 13.8. The molecule has 1 heterocycles. The molecule has 0 bridgehead atoms. The van der Waals surface area contributed by atoms with E-state index in [0.29, 0.717) is 28.8 Å². The molecular formula is C13H12Cl2FN3. The average molecular weight is 300 g/mol. The standard InChI is InChI=1S/C13H12Cl2FN3/c1-3-10-18-12(15)7(2)13(19-10)17-9-6-4-5-8(14)11(9)16/h4-6H,3H2,1-2H3,(H,17,18,19). The second kappa shape index (κ2) is 5.72. The number of hydrogen-bond acceptors (Lipinski definition) is 3. The van der Waals surface area contributed by atoms with E-state index in [9.17, 15) is 4.39 Å². The smallest absolute Gasteiger partial charge is 0.165 e. The molecule has 0 aliphatic carbocycles. The van der Waals surface area contributed by atoms with E-state index in [-0.39, 0.29) is 10.7 Å². The van der Waals surface area contributed by atoms with Crippen molar-refractivity contribution in [3.63, 3.8) is 0 Å². The summed E-state index contributed by atoms with van der Waals surface area (Å²) >= 11 is 11.8. The van der Waals surface area contributed by atoms with Crippen molar-refractivity contribution in [1.82, 2.24) is 9.97 Å². The minimum absolute atomic E-state index is 0.0542. The molecule has 0 atom stereocenters. The summed E-state index contributed by atoms with van der Waals surface area (Å²) in [5.74, 6) is 0.565. The molecule has 0 amide bonds. The van der Waals surface area contributed by atoms with Gasteiger partial charge < -0.3 is 5.32 Å². The number of hydrogen-bond donors (Lipinski definition) is 1. The van der Waals surface area contributed by atoms with Crippen LogP contribution in [0.3, 0.4) is 0 Å². The summed E-state index contributed by atoms with van der Waals surface area (Å²) in [5, 5.41) is 3.31. The molecule has 1 aromatic carbocycles. The predicted molar refractivity (Wildman–Crippen MR) is 75.8 cm³/mol. The fourth-order valence-electron chi connectivity index (χ4n) is 1.54. The topological polar surface area (TPSA) is 37.8 Å². The summed E-state index contributed by atoms with van der Waals surface area (Å²) in [6, 6.07) is 4.73. The molecule has 0 spiro atoms. The van der Waals surface area contributed by atoms with Gasteiger partial charge in [-0.15, -0.1) is 0 Å². The Morgan fingerprint density at radius 3 is 2.68 bits per heavy atom. The molecule has 0 unspecified atom stereocenters. The second-order valence-electron chi connectivity index (χ2n) is 3.98. The van der Waals surface area contributed by atoms with E-state index in [1.54, 1.807) is 19.1 Å². The summed E-state index contributed by atoms with van der Waals surface area (Å²) < 4.78 is 13.8. The van der Waals surface area contributed by atoms with E-state index in [0.717, 1.165) is 0 Å². The van der Waals surface area contributed by atoms with Crippen LogP contribution in [0.1, 0.15) is 18.3 Å². The van der Waals surface area contributed by atoms with Crippen LogP contribution in [-0.4, -0.2) is 9.97 Å². The largest absolute Gasteiger partial charge is 0.337 e. The average Bonchev–Trinajstić information content (AvgIpc) is 2.39. The Balaban J connectivity index is 2.43. The van der Waals surface area contributed by atoms with Crippen LogP contribution in [-0.2, 0) is 6.42 Å². The maximum atomic E-state index is 13.8. The molecule has 0 saturated heterocycles. The van der Waals surface area contributed by atoms with Crippen LogP contribution in [0.2, 0.25) is 10.2 Å². The molecule has 0 aliphatic rings. The third-order valence-electron chi connectivity index (χ3n) is 2.65. The summed E-state index contributed by atoms with van der Waals surface area (Å²) in [5.41, 5.74) is 0.922. The van der Waals surface area contributed by atoms with Crippen molar-refractivity contribution in [3.8, 4) is 0 Å². The molecule has 100 valence electrons. The molecule has 1 N–H and O–H groups in total. The fraction of sp³-hybridized carbons (Fsp3) is 0.231. The Labute approximate surface area is 120 Å². The highest BCUT2D eigenvalue weighted by Crippen LogP contribution is 2.27. The van der Waals surface area contributed by atoms with Crippen LogP contribution < -0.4 is 5.32 Å². The van der Waals surface area contributed by atoms with Crippen LogP contribution in [0.25, 0.3) is 0 Å². The lowest BCUT2D eigenvalue weighted by atomic mass is 10.2. The summed E-state index contributed by atoms with van der Waals surface area (Å²) in [7, 11) is 0. The van der Waals surface area contributed by atoms with E-state index < -0.39 is 5.82 Å². The Morgan fingerprint density at radius 1 is 1.26 bits per heavy atom. The highest BCUT2D eigenvalue weighted by atomic mass is 35.5. The van der Waals surface area contributed by atoms with Crippen molar-refractivity contribution in [3.05, 3.63) is 45.6 Å². The zero-order chi connectivity index (χ0) is 14.0. The van der Waals surface area contributed by atoms with Gasteiger partial charge in [-0.3, -0.25) is 0 Å². The second-order valence-corrected chi connectivity index (χ2v) is 4.75. The predicted octanol–water partition coefficient (Wildman–Crippen LogP) is 4.54. The molecule has 0 fully saturated rings. The molecule has 2 aromatic rings. The Bertz CT molecular complexity index is 617. The SMILES string of the molecule is CCc1nc(Cl)c(C)c(Nc2cccc(Cl)c2F)n1. The van der Waals surface area contributed by atoms with Gasteiger partial charge in [-0.05, 0) is 19.1 Å². The first-order chi connectivity index (χ1) is 9.02. The number of anilines is 2. The number of halogens is 3. The van der Waals surface area contributed by atoms with Crippen molar-refractivity contribution in [2.75, 3.05) is 5.32 Å². The lowest BCUT2D eigenvalue weighted by Gasteiger charge is -2.12. The third kappa shape index (κ3) is 2.96. The molecule has 0 saturated carbocycles. The zero-order valence-electron chi connectivity index (χ0n) is 10.5. The van der Waals surface area contributed by atoms with Gasteiger partial charge in [-0.1, -0.05) is 36.2 Å². The van der Waals surface area contributed by atoms with Crippen LogP contribution in [0.15, 0.2) is 18.2 Å². The molecule has 0 aliphatic heterocycles. The zero-order valence-corrected chi connectivity index (χ0v) is 12.0. The third-order valence-corrected chi connectivity index (χ3v) is 3.31. The number of nitrogens with one attached hydrogen (secondary N) is 1. The van der Waals surface area contributed by atoms with E-state index in [1.807, 2.05) is 6.92 Å². The quantitative estimate of drug-likeness (QED) is 0.846. The lowest BCUT2D eigenvalue weighted by molar-refractivity contribution is 0.632. The van der Waals surface area contributed by atoms with E-state index in [4.69, 9.17) is 23.2 Å². The van der Waals surface area contributed by atoms with Crippen molar-refractivity contribution in [2.24, 2.45) is 0 Å². The van der Waals surface area contributed by atoms with Crippen LogP contribution >= 0.6 is 23.2 Å². The maximum Gasteiger partial charge on any atom is 0.165 e. The summed E-state index contributed by atoms with van der Waals surface area (Å²) in [6.45, 7) is 3.69. The molecule has 19 heavy (non-hydrogen) atoms. The van der Waals surface area contributed by atoms with Gasteiger partial charge in [0.15, 0.2) is 5.82 Å². The van der Waals surface area contributed by atoms with Gasteiger partial charge in [-0.2, -0.15) is 0 Å². The summed E-state index contributed by atoms with van der Waals surface area (Å²) in [6.07, 6.45) is 0.646. The lowest BCUT2D eigenvalue weighted by Crippen LogP contribution is -2.04. The van der Waals surface area contributed by atoms with Crippen molar-refractivity contribution in [1.29, 1.82) is 0 Å². The number of benzene rings is 1. The molecular weight excluding hydrogens is 288 g/mol. The highest BCUT2D eigenvalue weighted by Gasteiger charge is 2.12. The normalized spacial score (nSPS) is 10.6. The Morgan fingerprint density at radius 2 is 2.00 bits per heavy atom. The number of aromatic nitrogens is 2. The van der Waals surface area contributed by atoms with E-state index in [1.165, 1.54) is 6.07 Å². The first-order valence-electron chi connectivity index (χ1n) is 5.77. The van der Waals surface area contributed by atoms with Gasteiger partial charge in [-0.25, -0.2) is 14.4 Å². The van der Waals surface area contributed by atoms with Crippen molar-refractivity contribution < 1.29 is 4.39 Å². The van der Waals surface area contributed by atoms with Crippen LogP contribution in [0, 0.1) is 12.7 Å². The van der Waals surface area contributed by atoms with Gasteiger partial charge >= 0.3 is 0 Å². The van der Waals surface area contributed by atoms with E-state index in [2.05, 4.69) is 15.3 Å². The highest BCUT2D eigenvalue weighted by molar-refractivity contribution is 6.31. The van der Waals surface area contributed by atoms with Gasteiger partial charge in [0.25, 0.3) is 0 Å². The number of rotatable bonds is 3. The molecule has 3 nitrogen and oxygen atoms in total. The minimum atomic E-state index is -0.517. The van der Waals surface area contributed by atoms with Crippen molar-refractivity contribution >= 4 is 34.7 Å². The monoisotopic (exact) mass is 299 g/mol. The van der Waals surface area contributed by atoms with Gasteiger partial charge in [0.2, 0.25) is 0 Å². The number of nitrogens with zero attached hydrogens (tertiary/aromatic N) is 2. The Hall–Kier alpha value is -1.39. The molecule has 1 aromatic heterocycles. The van der Waals surface area contributed by atoms with Gasteiger partial charge in [0, 0.05) is 12.0 Å². The Kier molecular flexibility index (Phi) is 4.22. The van der Waals surface area contributed by atoms with Crippen LogP contribution in [0.4, 0.5) is 15.9 Å².